The van der Waals surface area contributed by atoms with Crippen LogP contribution < -0.4 is 0 Å². The van der Waals surface area contributed by atoms with Crippen LogP contribution in [0.2, 0.25) is 0 Å². The van der Waals surface area contributed by atoms with Gasteiger partial charge in [0.1, 0.15) is 0 Å². The van der Waals surface area contributed by atoms with Crippen LogP contribution in [0, 0.1) is 5.92 Å². The Morgan fingerprint density at radius 1 is 0.519 bits per heavy atom. The van der Waals surface area contributed by atoms with E-state index in [1.54, 1.807) is 0 Å². The molecule has 0 saturated carbocycles. The molecule has 0 atom stereocenters. The Morgan fingerprint density at radius 3 is 1.15 bits per heavy atom. The molecule has 6 nitrogen and oxygen atoms in total. The Hall–Kier alpha value is -0.240. The Kier molecular flexibility index (Phi) is 30.0. The van der Waals surface area contributed by atoms with Crippen molar-refractivity contribution in [1.29, 1.82) is 0 Å². The fourth-order valence-electron chi connectivity index (χ4n) is 2.32. The Bertz CT molecular complexity index is 219. The van der Waals surface area contributed by atoms with E-state index < -0.39 is 0 Å². The molecule has 6 heteroatoms. The lowest BCUT2D eigenvalue weighted by Crippen LogP contribution is -2.13. The van der Waals surface area contributed by atoms with Crippen molar-refractivity contribution in [3.05, 3.63) is 0 Å². The topological polar surface area (TPSA) is 66.4 Å². The van der Waals surface area contributed by atoms with Gasteiger partial charge in [0.2, 0.25) is 0 Å². The van der Waals surface area contributed by atoms with Crippen LogP contribution in [0.15, 0.2) is 0 Å². The molecule has 0 aromatic carbocycles. The molecule has 27 heavy (non-hydrogen) atoms. The predicted octanol–water partition coefficient (Wildman–Crippen LogP) is 3.69. The third-order valence-electron chi connectivity index (χ3n) is 3.64. The van der Waals surface area contributed by atoms with E-state index in [0.29, 0.717) is 59.5 Å². The monoisotopic (exact) mass is 394 g/mol. The molecule has 0 amide bonds. The zero-order valence-electron chi connectivity index (χ0n) is 18.4. The summed E-state index contributed by atoms with van der Waals surface area (Å²) in [7, 11) is 0. The Balaban J connectivity index is 0. The lowest BCUT2D eigenvalue weighted by atomic mass is 10.0. The van der Waals surface area contributed by atoms with Crippen molar-refractivity contribution in [2.75, 3.05) is 72.7 Å². The van der Waals surface area contributed by atoms with Gasteiger partial charge in [-0.25, -0.2) is 0 Å². The Labute approximate surface area is 167 Å². The summed E-state index contributed by atoms with van der Waals surface area (Å²) in [6.45, 7) is 14.7. The Morgan fingerprint density at radius 2 is 0.852 bits per heavy atom. The molecule has 0 aliphatic carbocycles. The molecule has 0 rings (SSSR count). The largest absolute Gasteiger partial charge is 0.394 e. The van der Waals surface area contributed by atoms with E-state index in [1.807, 2.05) is 0 Å². The highest BCUT2D eigenvalue weighted by molar-refractivity contribution is 4.48. The zero-order valence-corrected chi connectivity index (χ0v) is 18.4. The van der Waals surface area contributed by atoms with Crippen LogP contribution >= 0.6 is 0 Å². The second-order valence-corrected chi connectivity index (χ2v) is 6.47. The quantitative estimate of drug-likeness (QED) is 0.318. The van der Waals surface area contributed by atoms with Crippen LogP contribution in [-0.4, -0.2) is 77.8 Å². The van der Waals surface area contributed by atoms with Gasteiger partial charge in [-0.1, -0.05) is 53.4 Å². The summed E-state index contributed by atoms with van der Waals surface area (Å²) in [5.74, 6) is 0.963. The molecule has 0 radical (unpaired) electrons. The summed E-state index contributed by atoms with van der Waals surface area (Å²) in [6.07, 6.45) is 6.55. The molecule has 166 valence electrons. The highest BCUT2D eigenvalue weighted by Crippen LogP contribution is 2.10. The summed E-state index contributed by atoms with van der Waals surface area (Å²) < 4.78 is 26.2. The molecular formula is C21H46O6. The molecule has 0 aliphatic rings. The lowest BCUT2D eigenvalue weighted by molar-refractivity contribution is -0.0132. The van der Waals surface area contributed by atoms with E-state index in [2.05, 4.69) is 27.7 Å². The third kappa shape index (κ3) is 30.7. The molecule has 0 unspecified atom stereocenters. The molecule has 0 aliphatic heterocycles. The summed E-state index contributed by atoms with van der Waals surface area (Å²) in [5, 5.41) is 8.46. The lowest BCUT2D eigenvalue weighted by Gasteiger charge is -2.07. The van der Waals surface area contributed by atoms with Gasteiger partial charge >= 0.3 is 0 Å². The predicted molar refractivity (Wildman–Crippen MR) is 110 cm³/mol. The normalized spacial score (nSPS) is 10.9. The van der Waals surface area contributed by atoms with Gasteiger partial charge in [0.05, 0.1) is 66.1 Å². The number of aliphatic hydroxyl groups excluding tert-OH is 1. The van der Waals surface area contributed by atoms with Crippen LogP contribution in [0.3, 0.4) is 0 Å². The maximum atomic E-state index is 8.46. The smallest absolute Gasteiger partial charge is 0.0701 e. The summed E-state index contributed by atoms with van der Waals surface area (Å²) in [5.41, 5.74) is 0. The maximum Gasteiger partial charge on any atom is 0.0701 e. The average Bonchev–Trinajstić information content (AvgIpc) is 2.66. The van der Waals surface area contributed by atoms with E-state index in [4.69, 9.17) is 28.8 Å². The zero-order chi connectivity index (χ0) is 20.4. The SMILES string of the molecule is CCCC(C)CCC.CCCOCCOCCOCCOCCOCCO. The van der Waals surface area contributed by atoms with Crippen LogP contribution in [0.1, 0.15) is 59.8 Å². The van der Waals surface area contributed by atoms with E-state index in [0.717, 1.165) is 18.9 Å². The van der Waals surface area contributed by atoms with Gasteiger partial charge in [0.15, 0.2) is 0 Å². The molecule has 0 aromatic rings. The summed E-state index contributed by atoms with van der Waals surface area (Å²) in [6, 6.07) is 0. The average molecular weight is 395 g/mol. The molecule has 0 spiro atoms. The molecule has 0 fully saturated rings. The summed E-state index contributed by atoms with van der Waals surface area (Å²) in [4.78, 5) is 0. The first-order chi connectivity index (χ1) is 13.2. The van der Waals surface area contributed by atoms with Gasteiger partial charge in [-0.3, -0.25) is 0 Å². The van der Waals surface area contributed by atoms with Crippen LogP contribution in [-0.2, 0) is 23.7 Å². The fourth-order valence-corrected chi connectivity index (χ4v) is 2.32. The number of aliphatic hydroxyl groups is 1. The van der Waals surface area contributed by atoms with Crippen molar-refractivity contribution in [3.8, 4) is 0 Å². The highest BCUT2D eigenvalue weighted by atomic mass is 16.6. The first-order valence-electron chi connectivity index (χ1n) is 10.7. The van der Waals surface area contributed by atoms with E-state index in [1.165, 1.54) is 25.7 Å². The van der Waals surface area contributed by atoms with E-state index in [9.17, 15) is 0 Å². The van der Waals surface area contributed by atoms with Crippen molar-refractivity contribution in [3.63, 3.8) is 0 Å². The van der Waals surface area contributed by atoms with Crippen LogP contribution in [0.5, 0.6) is 0 Å². The molecule has 0 aromatic heterocycles. The minimum Gasteiger partial charge on any atom is -0.394 e. The van der Waals surface area contributed by atoms with E-state index in [-0.39, 0.29) is 6.61 Å². The molecule has 1 N–H and O–H groups in total. The number of ether oxygens (including phenoxy) is 5. The van der Waals surface area contributed by atoms with Crippen LogP contribution in [0.4, 0.5) is 0 Å². The highest BCUT2D eigenvalue weighted by Gasteiger charge is 1.96. The van der Waals surface area contributed by atoms with Gasteiger partial charge in [0.25, 0.3) is 0 Å². The molecule has 0 bridgehead atoms. The van der Waals surface area contributed by atoms with Crippen LogP contribution in [0.25, 0.3) is 0 Å². The first kappa shape index (κ1) is 29.0. The maximum absolute atomic E-state index is 8.46. The van der Waals surface area contributed by atoms with Gasteiger partial charge in [-0.15, -0.1) is 0 Å². The fraction of sp³-hybridized carbons (Fsp3) is 1.00. The van der Waals surface area contributed by atoms with Crippen molar-refractivity contribution in [2.45, 2.75) is 59.8 Å². The molecule has 0 heterocycles. The van der Waals surface area contributed by atoms with Gasteiger partial charge in [0, 0.05) is 6.61 Å². The van der Waals surface area contributed by atoms with Crippen molar-refractivity contribution in [1.82, 2.24) is 0 Å². The molecule has 0 saturated heterocycles. The third-order valence-corrected chi connectivity index (χ3v) is 3.64. The summed E-state index contributed by atoms with van der Waals surface area (Å²) >= 11 is 0. The van der Waals surface area contributed by atoms with Crippen molar-refractivity contribution in [2.24, 2.45) is 5.92 Å². The second kappa shape index (κ2) is 28.0. The number of hydrogen-bond donors (Lipinski definition) is 1. The number of hydrogen-bond acceptors (Lipinski definition) is 6. The first-order valence-corrected chi connectivity index (χ1v) is 10.7. The van der Waals surface area contributed by atoms with Crippen molar-refractivity contribution < 1.29 is 28.8 Å². The molecular weight excluding hydrogens is 348 g/mol. The van der Waals surface area contributed by atoms with Gasteiger partial charge in [-0.05, 0) is 12.3 Å². The second-order valence-electron chi connectivity index (χ2n) is 6.47. The standard InChI is InChI=1S/C13H28O6.C8H18/c1-2-4-15-6-8-17-10-12-19-13-11-18-9-7-16-5-3-14;1-4-6-8(3)7-5-2/h14H,2-13H2,1H3;8H,4-7H2,1-3H3. The number of rotatable bonds is 20. The van der Waals surface area contributed by atoms with Gasteiger partial charge in [-0.2, -0.15) is 0 Å². The minimum absolute atomic E-state index is 0.0482. The van der Waals surface area contributed by atoms with E-state index >= 15 is 0 Å². The minimum atomic E-state index is 0.0482. The van der Waals surface area contributed by atoms with Gasteiger partial charge < -0.3 is 28.8 Å². The van der Waals surface area contributed by atoms with Crippen molar-refractivity contribution >= 4 is 0 Å².